The molecule has 2 N–H and O–H groups in total. The summed E-state index contributed by atoms with van der Waals surface area (Å²) in [6.07, 6.45) is 0.787. The van der Waals surface area contributed by atoms with Crippen molar-refractivity contribution in [2.24, 2.45) is 5.92 Å². The van der Waals surface area contributed by atoms with Crippen LogP contribution in [0.3, 0.4) is 0 Å². The zero-order valence-electron chi connectivity index (χ0n) is 9.24. The smallest absolute Gasteiger partial charge is 0.0946 e. The van der Waals surface area contributed by atoms with Gasteiger partial charge in [-0.05, 0) is 30.7 Å². The number of aliphatic hydroxyl groups is 1. The van der Waals surface area contributed by atoms with E-state index in [-0.39, 0.29) is 18.3 Å². The molecule has 1 aliphatic heterocycles. The number of nitrogens with one attached hydrogen (secondary N) is 1. The molecular weight excluding hydrogens is 289 g/mol. The van der Waals surface area contributed by atoms with Crippen LogP contribution in [0.15, 0.2) is 28.7 Å². The summed E-state index contributed by atoms with van der Waals surface area (Å²) >= 11 is 3.41. The molecule has 0 radical (unpaired) electrons. The fourth-order valence-electron chi connectivity index (χ4n) is 2.18. The number of rotatable bonds is 1. The molecule has 0 bridgehead atoms. The largest absolute Gasteiger partial charge is 0.385 e. The molecule has 2 unspecified atom stereocenters. The van der Waals surface area contributed by atoms with Crippen LogP contribution in [-0.2, 0) is 5.60 Å². The van der Waals surface area contributed by atoms with E-state index < -0.39 is 5.60 Å². The monoisotopic (exact) mass is 305 g/mol. The Bertz CT molecular complexity index is 343. The fourth-order valence-corrected chi connectivity index (χ4v) is 2.44. The summed E-state index contributed by atoms with van der Waals surface area (Å²) in [6.45, 7) is 3.86. The second kappa shape index (κ2) is 5.50. The molecule has 1 saturated heterocycles. The molecule has 0 aliphatic carbocycles. The van der Waals surface area contributed by atoms with E-state index in [0.29, 0.717) is 0 Å². The van der Waals surface area contributed by atoms with Crippen LogP contribution < -0.4 is 5.32 Å². The standard InChI is InChI=1S/C12H16BrNO.ClH/c1-9-8-14-7-6-12(9,15)10-2-4-11(13)5-3-10;/h2-5,9,14-15H,6-8H2,1H3;1H. The highest BCUT2D eigenvalue weighted by Gasteiger charge is 2.37. The maximum absolute atomic E-state index is 10.6. The molecule has 2 atom stereocenters. The molecule has 0 amide bonds. The zero-order valence-corrected chi connectivity index (χ0v) is 11.6. The van der Waals surface area contributed by atoms with Crippen molar-refractivity contribution < 1.29 is 5.11 Å². The molecule has 2 rings (SSSR count). The van der Waals surface area contributed by atoms with Gasteiger partial charge >= 0.3 is 0 Å². The molecule has 2 nitrogen and oxygen atoms in total. The summed E-state index contributed by atoms with van der Waals surface area (Å²) in [4.78, 5) is 0. The van der Waals surface area contributed by atoms with Gasteiger partial charge in [0, 0.05) is 16.9 Å². The number of hydrogen-bond acceptors (Lipinski definition) is 2. The minimum absolute atomic E-state index is 0. The molecule has 1 fully saturated rings. The van der Waals surface area contributed by atoms with E-state index in [1.165, 1.54) is 0 Å². The quantitative estimate of drug-likeness (QED) is 0.836. The third-order valence-corrected chi connectivity index (χ3v) is 3.82. The van der Waals surface area contributed by atoms with E-state index in [1.807, 2.05) is 24.3 Å². The Morgan fingerprint density at radius 1 is 1.38 bits per heavy atom. The van der Waals surface area contributed by atoms with E-state index in [1.54, 1.807) is 0 Å². The van der Waals surface area contributed by atoms with Crippen molar-refractivity contribution in [3.63, 3.8) is 0 Å². The first kappa shape index (κ1) is 14.0. The van der Waals surface area contributed by atoms with Gasteiger partial charge in [0.25, 0.3) is 0 Å². The second-order valence-corrected chi connectivity index (χ2v) is 5.20. The maximum atomic E-state index is 10.6. The van der Waals surface area contributed by atoms with Crippen LogP contribution in [0.4, 0.5) is 0 Å². The molecule has 16 heavy (non-hydrogen) atoms. The average molecular weight is 307 g/mol. The summed E-state index contributed by atoms with van der Waals surface area (Å²) in [5, 5.41) is 13.9. The summed E-state index contributed by atoms with van der Waals surface area (Å²) in [5.74, 6) is 0.257. The van der Waals surface area contributed by atoms with Crippen LogP contribution in [0.25, 0.3) is 0 Å². The predicted octanol–water partition coefficient (Wildman–Crippen LogP) is 2.69. The third kappa shape index (κ3) is 2.59. The van der Waals surface area contributed by atoms with Gasteiger partial charge in [-0.3, -0.25) is 0 Å². The van der Waals surface area contributed by atoms with Gasteiger partial charge in [-0.15, -0.1) is 12.4 Å². The zero-order chi connectivity index (χ0) is 10.9. The SMILES string of the molecule is CC1CNCCC1(O)c1ccc(Br)cc1.Cl. The van der Waals surface area contributed by atoms with Crippen molar-refractivity contribution in [2.45, 2.75) is 18.9 Å². The summed E-state index contributed by atoms with van der Waals surface area (Å²) in [7, 11) is 0. The van der Waals surface area contributed by atoms with E-state index in [4.69, 9.17) is 0 Å². The van der Waals surface area contributed by atoms with Crippen molar-refractivity contribution in [3.8, 4) is 0 Å². The lowest BCUT2D eigenvalue weighted by molar-refractivity contribution is -0.0392. The molecular formula is C12H17BrClNO. The molecule has 0 saturated carbocycles. The Labute approximate surface area is 111 Å². The Balaban J connectivity index is 0.00000128. The van der Waals surface area contributed by atoms with Gasteiger partial charge in [0.05, 0.1) is 5.60 Å². The van der Waals surface area contributed by atoms with Crippen LogP contribution in [0.1, 0.15) is 18.9 Å². The van der Waals surface area contributed by atoms with Gasteiger partial charge in [-0.25, -0.2) is 0 Å². The van der Waals surface area contributed by atoms with Crippen LogP contribution >= 0.6 is 28.3 Å². The Morgan fingerprint density at radius 2 is 2.00 bits per heavy atom. The van der Waals surface area contributed by atoms with Crippen LogP contribution in [0.2, 0.25) is 0 Å². The lowest BCUT2D eigenvalue weighted by Gasteiger charge is -2.39. The van der Waals surface area contributed by atoms with E-state index >= 15 is 0 Å². The Kier molecular flexibility index (Phi) is 4.80. The fraction of sp³-hybridized carbons (Fsp3) is 0.500. The van der Waals surface area contributed by atoms with E-state index in [2.05, 4.69) is 28.2 Å². The molecule has 1 aromatic rings. The van der Waals surface area contributed by atoms with Gasteiger partial charge < -0.3 is 10.4 Å². The molecule has 1 aromatic carbocycles. The van der Waals surface area contributed by atoms with Gasteiger partial charge in [0.2, 0.25) is 0 Å². The van der Waals surface area contributed by atoms with Gasteiger partial charge in [-0.2, -0.15) is 0 Å². The van der Waals surface area contributed by atoms with Gasteiger partial charge in [-0.1, -0.05) is 35.0 Å². The van der Waals surface area contributed by atoms with Crippen molar-refractivity contribution >= 4 is 28.3 Å². The van der Waals surface area contributed by atoms with Crippen LogP contribution in [0, 0.1) is 5.92 Å². The molecule has 0 spiro atoms. The third-order valence-electron chi connectivity index (χ3n) is 3.29. The van der Waals surface area contributed by atoms with E-state index in [0.717, 1.165) is 29.5 Å². The van der Waals surface area contributed by atoms with Crippen molar-refractivity contribution in [1.82, 2.24) is 5.32 Å². The Morgan fingerprint density at radius 3 is 2.56 bits per heavy atom. The highest BCUT2D eigenvalue weighted by molar-refractivity contribution is 9.10. The van der Waals surface area contributed by atoms with Crippen LogP contribution in [0.5, 0.6) is 0 Å². The van der Waals surface area contributed by atoms with Crippen LogP contribution in [-0.4, -0.2) is 18.2 Å². The maximum Gasteiger partial charge on any atom is 0.0946 e. The highest BCUT2D eigenvalue weighted by atomic mass is 79.9. The highest BCUT2D eigenvalue weighted by Crippen LogP contribution is 2.35. The number of benzene rings is 1. The van der Waals surface area contributed by atoms with Gasteiger partial charge in [0.1, 0.15) is 0 Å². The molecule has 1 heterocycles. The summed E-state index contributed by atoms with van der Waals surface area (Å²) in [5.41, 5.74) is 0.367. The normalized spacial score (nSPS) is 29.6. The van der Waals surface area contributed by atoms with Gasteiger partial charge in [0.15, 0.2) is 0 Å². The first-order valence-electron chi connectivity index (χ1n) is 5.32. The first-order chi connectivity index (χ1) is 7.13. The number of hydrogen-bond donors (Lipinski definition) is 2. The number of halogens is 2. The van der Waals surface area contributed by atoms with Crippen molar-refractivity contribution in [2.75, 3.05) is 13.1 Å². The molecule has 4 heteroatoms. The Hall–Kier alpha value is -0.0900. The predicted molar refractivity (Wildman–Crippen MR) is 71.9 cm³/mol. The average Bonchev–Trinajstić information content (AvgIpc) is 2.23. The minimum Gasteiger partial charge on any atom is -0.385 e. The van der Waals surface area contributed by atoms with Crippen molar-refractivity contribution in [1.29, 1.82) is 0 Å². The van der Waals surface area contributed by atoms with E-state index in [9.17, 15) is 5.11 Å². The molecule has 1 aliphatic rings. The lowest BCUT2D eigenvalue weighted by Crippen LogP contribution is -2.46. The summed E-state index contributed by atoms with van der Waals surface area (Å²) in [6, 6.07) is 7.99. The van der Waals surface area contributed by atoms with Crippen molar-refractivity contribution in [3.05, 3.63) is 34.3 Å². The minimum atomic E-state index is -0.661. The summed E-state index contributed by atoms with van der Waals surface area (Å²) < 4.78 is 1.05. The second-order valence-electron chi connectivity index (χ2n) is 4.29. The molecule has 90 valence electrons. The first-order valence-corrected chi connectivity index (χ1v) is 6.11. The topological polar surface area (TPSA) is 32.3 Å². The number of piperidine rings is 1. The molecule has 0 aromatic heterocycles. The lowest BCUT2D eigenvalue weighted by atomic mass is 9.78.